The maximum absolute atomic E-state index is 13.5. The summed E-state index contributed by atoms with van der Waals surface area (Å²) in [5.74, 6) is -1.24. The Labute approximate surface area is 205 Å². The molecule has 1 aliphatic rings. The van der Waals surface area contributed by atoms with Gasteiger partial charge < -0.3 is 14.0 Å². The predicted molar refractivity (Wildman–Crippen MR) is 131 cm³/mol. The van der Waals surface area contributed by atoms with E-state index in [1.54, 1.807) is 35.9 Å². The Balaban J connectivity index is 1.89. The van der Waals surface area contributed by atoms with Gasteiger partial charge in [-0.3, -0.25) is 19.0 Å². The number of nitrogens with zero attached hydrogens (tertiary/aromatic N) is 5. The standard InChI is InChI=1S/C26H25N5O5/c1-3-35-26(34)20-14-19-22(28-21-16(2)6-4-12-30(21)25(19)33)31(15-18-7-5-13-36-18)23(20)29-24(32)17-8-10-27-11-9-17/h4,6,8-12,14,18H,3,5,7,13,15H2,1-2H3. The van der Waals surface area contributed by atoms with Gasteiger partial charge in [0.05, 0.1) is 24.6 Å². The van der Waals surface area contributed by atoms with Crippen LogP contribution in [0.1, 0.15) is 46.0 Å². The second-order valence-corrected chi connectivity index (χ2v) is 8.54. The smallest absolute Gasteiger partial charge is 0.341 e. The van der Waals surface area contributed by atoms with Crippen molar-refractivity contribution in [3.05, 3.63) is 81.5 Å². The third kappa shape index (κ3) is 4.31. The van der Waals surface area contributed by atoms with Gasteiger partial charge in [0.15, 0.2) is 5.49 Å². The van der Waals surface area contributed by atoms with Gasteiger partial charge in [-0.2, -0.15) is 4.99 Å². The summed E-state index contributed by atoms with van der Waals surface area (Å²) in [7, 11) is 0. The molecule has 0 aromatic carbocycles. The summed E-state index contributed by atoms with van der Waals surface area (Å²) < 4.78 is 14.2. The number of aryl methyl sites for hydroxylation is 1. The highest BCUT2D eigenvalue weighted by atomic mass is 16.5. The normalized spacial score (nSPS) is 16.1. The second-order valence-electron chi connectivity index (χ2n) is 8.54. The van der Waals surface area contributed by atoms with Crippen LogP contribution in [-0.4, -0.2) is 50.1 Å². The lowest BCUT2D eigenvalue weighted by atomic mass is 10.1. The van der Waals surface area contributed by atoms with Gasteiger partial charge in [0.2, 0.25) is 0 Å². The molecule has 184 valence electrons. The maximum atomic E-state index is 13.5. The first kappa shape index (κ1) is 23.6. The highest BCUT2D eigenvalue weighted by Crippen LogP contribution is 2.18. The van der Waals surface area contributed by atoms with Crippen molar-refractivity contribution in [3.8, 4) is 0 Å². The molecule has 0 N–H and O–H groups in total. The van der Waals surface area contributed by atoms with Crippen LogP contribution in [0.2, 0.25) is 0 Å². The van der Waals surface area contributed by atoms with E-state index in [1.165, 1.54) is 22.9 Å². The molecule has 1 saturated heterocycles. The Bertz CT molecular complexity index is 1600. The molecule has 0 bridgehead atoms. The van der Waals surface area contributed by atoms with Gasteiger partial charge in [-0.25, -0.2) is 9.78 Å². The van der Waals surface area contributed by atoms with Crippen LogP contribution in [0.3, 0.4) is 0 Å². The fraction of sp³-hybridized carbons (Fsp3) is 0.308. The predicted octanol–water partition coefficient (Wildman–Crippen LogP) is 2.45. The summed E-state index contributed by atoms with van der Waals surface area (Å²) in [6, 6.07) is 8.14. The molecule has 1 amide bonds. The first-order chi connectivity index (χ1) is 17.5. The average Bonchev–Trinajstić information content (AvgIpc) is 3.40. The average molecular weight is 488 g/mol. The lowest BCUT2D eigenvalue weighted by Gasteiger charge is -2.18. The monoisotopic (exact) mass is 487 g/mol. The Hall–Kier alpha value is -4.18. The maximum Gasteiger partial charge on any atom is 0.341 e. The van der Waals surface area contributed by atoms with Gasteiger partial charge in [-0.1, -0.05) is 6.07 Å². The molecule has 36 heavy (non-hydrogen) atoms. The number of carbonyl (C=O) groups is 2. The third-order valence-electron chi connectivity index (χ3n) is 6.15. The number of rotatable bonds is 5. The van der Waals surface area contributed by atoms with E-state index in [0.717, 1.165) is 18.4 Å². The number of hydrogen-bond acceptors (Lipinski definition) is 7. The fourth-order valence-electron chi connectivity index (χ4n) is 4.39. The molecule has 0 spiro atoms. The van der Waals surface area contributed by atoms with Gasteiger partial charge >= 0.3 is 5.97 Å². The molecular formula is C26H25N5O5. The summed E-state index contributed by atoms with van der Waals surface area (Å²) in [5.41, 5.74) is 1.66. The van der Waals surface area contributed by atoms with E-state index in [9.17, 15) is 14.4 Å². The molecule has 0 radical (unpaired) electrons. The zero-order chi connectivity index (χ0) is 25.2. The molecule has 10 nitrogen and oxygen atoms in total. The van der Waals surface area contributed by atoms with Crippen molar-refractivity contribution in [2.75, 3.05) is 13.2 Å². The number of aromatic nitrogens is 4. The number of amides is 1. The summed E-state index contributed by atoms with van der Waals surface area (Å²) in [5, 5.41) is 0.217. The highest BCUT2D eigenvalue weighted by molar-refractivity contribution is 5.97. The second kappa shape index (κ2) is 9.82. The molecule has 1 fully saturated rings. The van der Waals surface area contributed by atoms with E-state index in [2.05, 4.69) is 9.98 Å². The van der Waals surface area contributed by atoms with Crippen LogP contribution < -0.4 is 11.0 Å². The van der Waals surface area contributed by atoms with Crippen molar-refractivity contribution in [2.45, 2.75) is 39.3 Å². The van der Waals surface area contributed by atoms with E-state index >= 15 is 0 Å². The molecule has 10 heteroatoms. The molecule has 1 unspecified atom stereocenters. The number of carbonyl (C=O) groups excluding carboxylic acids is 2. The zero-order valence-electron chi connectivity index (χ0n) is 20.0. The lowest BCUT2D eigenvalue weighted by molar-refractivity contribution is 0.0521. The first-order valence-electron chi connectivity index (χ1n) is 11.8. The van der Waals surface area contributed by atoms with E-state index in [1.807, 2.05) is 13.0 Å². The molecule has 1 atom stereocenters. The van der Waals surface area contributed by atoms with Crippen LogP contribution in [-0.2, 0) is 16.0 Å². The largest absolute Gasteiger partial charge is 0.462 e. The summed E-state index contributed by atoms with van der Waals surface area (Å²) in [6.07, 6.45) is 6.12. The number of pyridine rings is 3. The van der Waals surface area contributed by atoms with Crippen molar-refractivity contribution in [1.82, 2.24) is 18.9 Å². The van der Waals surface area contributed by atoms with Gasteiger partial charge in [0.1, 0.15) is 16.9 Å². The third-order valence-corrected chi connectivity index (χ3v) is 6.15. The zero-order valence-corrected chi connectivity index (χ0v) is 20.0. The number of hydrogen-bond donors (Lipinski definition) is 0. The summed E-state index contributed by atoms with van der Waals surface area (Å²) in [4.78, 5) is 52.8. The number of ether oxygens (including phenoxy) is 2. The fourth-order valence-corrected chi connectivity index (χ4v) is 4.39. The van der Waals surface area contributed by atoms with E-state index in [-0.39, 0.29) is 41.3 Å². The molecule has 4 aromatic heterocycles. The van der Waals surface area contributed by atoms with Gasteiger partial charge in [-0.05, 0) is 56.5 Å². The highest BCUT2D eigenvalue weighted by Gasteiger charge is 2.24. The molecular weight excluding hydrogens is 462 g/mol. The van der Waals surface area contributed by atoms with Crippen molar-refractivity contribution < 1.29 is 19.1 Å². The molecule has 1 aliphatic heterocycles. The quantitative estimate of drug-likeness (QED) is 0.313. The van der Waals surface area contributed by atoms with Crippen LogP contribution in [0.15, 0.2) is 58.7 Å². The minimum atomic E-state index is -0.685. The first-order valence-corrected chi connectivity index (χ1v) is 11.8. The van der Waals surface area contributed by atoms with Crippen LogP contribution >= 0.6 is 0 Å². The van der Waals surface area contributed by atoms with Gasteiger partial charge in [0.25, 0.3) is 11.5 Å². The number of fused-ring (bicyclic) bond motifs is 2. The van der Waals surface area contributed by atoms with Crippen molar-refractivity contribution >= 4 is 28.6 Å². The van der Waals surface area contributed by atoms with E-state index < -0.39 is 11.9 Å². The SMILES string of the molecule is CCOC(=O)c1cc2c(=O)n3cccc(C)c3nc2n(CC2CCCO2)c1=NC(=O)c1ccncc1. The topological polar surface area (TPSA) is 117 Å². The summed E-state index contributed by atoms with van der Waals surface area (Å²) >= 11 is 0. The molecule has 5 rings (SSSR count). The summed E-state index contributed by atoms with van der Waals surface area (Å²) in [6.45, 7) is 4.55. The van der Waals surface area contributed by atoms with Crippen LogP contribution in [0.25, 0.3) is 16.7 Å². The van der Waals surface area contributed by atoms with Gasteiger partial charge in [-0.15, -0.1) is 0 Å². The Morgan fingerprint density at radius 2 is 2.03 bits per heavy atom. The minimum absolute atomic E-state index is 0.0104. The molecule has 0 saturated carbocycles. The van der Waals surface area contributed by atoms with Crippen LogP contribution in [0, 0.1) is 6.92 Å². The molecule has 4 aromatic rings. The van der Waals surface area contributed by atoms with Crippen molar-refractivity contribution in [1.29, 1.82) is 0 Å². The molecule has 0 aliphatic carbocycles. The van der Waals surface area contributed by atoms with Gasteiger partial charge in [0, 0.05) is 30.8 Å². The van der Waals surface area contributed by atoms with Crippen molar-refractivity contribution in [2.24, 2.45) is 4.99 Å². The van der Waals surface area contributed by atoms with Crippen LogP contribution in [0.4, 0.5) is 0 Å². The Morgan fingerprint density at radius 1 is 1.22 bits per heavy atom. The lowest BCUT2D eigenvalue weighted by Crippen LogP contribution is -2.35. The van der Waals surface area contributed by atoms with Crippen molar-refractivity contribution in [3.63, 3.8) is 0 Å². The Kier molecular flexibility index (Phi) is 6.43. The van der Waals surface area contributed by atoms with Crippen LogP contribution in [0.5, 0.6) is 0 Å². The minimum Gasteiger partial charge on any atom is -0.462 e. The van der Waals surface area contributed by atoms with E-state index in [0.29, 0.717) is 23.5 Å². The molecule has 5 heterocycles. The Morgan fingerprint density at radius 3 is 2.75 bits per heavy atom. The number of esters is 1. The van der Waals surface area contributed by atoms with E-state index in [4.69, 9.17) is 14.5 Å².